The average molecular weight is 340 g/mol. The van der Waals surface area contributed by atoms with E-state index in [1.54, 1.807) is 12.1 Å². The molecule has 0 saturated carbocycles. The standard InChI is InChI=1S/C15H20N2O5S/c1-22-8-6-10(15(20)21)16-13(18)11-4-2-7-17(11)14(19)12-5-3-9-23-12/h3,5,9-11H,2,4,6-8H2,1H3,(H,16,18)(H,20,21). The van der Waals surface area contributed by atoms with Gasteiger partial charge in [0, 0.05) is 26.7 Å². The van der Waals surface area contributed by atoms with Crippen LogP contribution < -0.4 is 5.32 Å². The van der Waals surface area contributed by atoms with Crippen molar-refractivity contribution in [3.05, 3.63) is 22.4 Å². The number of methoxy groups -OCH3 is 1. The van der Waals surface area contributed by atoms with Gasteiger partial charge in [0.1, 0.15) is 12.1 Å². The monoisotopic (exact) mass is 340 g/mol. The van der Waals surface area contributed by atoms with Crippen molar-refractivity contribution in [3.63, 3.8) is 0 Å². The second kappa shape index (κ2) is 8.07. The van der Waals surface area contributed by atoms with E-state index in [-0.39, 0.29) is 18.9 Å². The van der Waals surface area contributed by atoms with Crippen molar-refractivity contribution in [3.8, 4) is 0 Å². The van der Waals surface area contributed by atoms with Crippen LogP contribution in [0.25, 0.3) is 0 Å². The smallest absolute Gasteiger partial charge is 0.326 e. The number of carbonyl (C=O) groups is 3. The molecule has 2 unspecified atom stereocenters. The Morgan fingerprint density at radius 3 is 2.91 bits per heavy atom. The topological polar surface area (TPSA) is 95.9 Å². The number of rotatable bonds is 7. The predicted octanol–water partition coefficient (Wildman–Crippen LogP) is 0.959. The minimum atomic E-state index is -1.11. The Hall–Kier alpha value is -1.93. The van der Waals surface area contributed by atoms with Gasteiger partial charge in [-0.15, -0.1) is 11.3 Å². The molecule has 8 heteroatoms. The maximum atomic E-state index is 12.4. The summed E-state index contributed by atoms with van der Waals surface area (Å²) in [5.41, 5.74) is 0. The van der Waals surface area contributed by atoms with Gasteiger partial charge in [-0.25, -0.2) is 4.79 Å². The number of thiophene rings is 1. The zero-order valence-electron chi connectivity index (χ0n) is 12.9. The fourth-order valence-electron chi connectivity index (χ4n) is 2.59. The Morgan fingerprint density at radius 1 is 1.52 bits per heavy atom. The minimum Gasteiger partial charge on any atom is -0.480 e. The zero-order valence-corrected chi connectivity index (χ0v) is 13.7. The van der Waals surface area contributed by atoms with E-state index in [0.29, 0.717) is 17.8 Å². The SMILES string of the molecule is COCCC(NC(=O)C1CCCN1C(=O)c1cccs1)C(=O)O. The number of ether oxygens (including phenoxy) is 1. The molecule has 1 aromatic heterocycles. The van der Waals surface area contributed by atoms with Crippen LogP contribution in [0.1, 0.15) is 28.9 Å². The van der Waals surface area contributed by atoms with Gasteiger partial charge in [-0.05, 0) is 24.3 Å². The van der Waals surface area contributed by atoms with E-state index in [9.17, 15) is 14.4 Å². The number of carboxylic acid groups (broad SMARTS) is 1. The van der Waals surface area contributed by atoms with Crippen molar-refractivity contribution in [2.45, 2.75) is 31.3 Å². The quantitative estimate of drug-likeness (QED) is 0.771. The first-order valence-electron chi connectivity index (χ1n) is 7.41. The Morgan fingerprint density at radius 2 is 2.30 bits per heavy atom. The van der Waals surface area contributed by atoms with Crippen LogP contribution in [0.4, 0.5) is 0 Å². The van der Waals surface area contributed by atoms with Gasteiger partial charge in [0.05, 0.1) is 4.88 Å². The first-order chi connectivity index (χ1) is 11.0. The van der Waals surface area contributed by atoms with Crippen LogP contribution in [0.5, 0.6) is 0 Å². The Kier molecular flexibility index (Phi) is 6.12. The summed E-state index contributed by atoms with van der Waals surface area (Å²) in [5.74, 6) is -1.71. The molecule has 23 heavy (non-hydrogen) atoms. The highest BCUT2D eigenvalue weighted by atomic mass is 32.1. The lowest BCUT2D eigenvalue weighted by molar-refractivity contribution is -0.142. The van der Waals surface area contributed by atoms with E-state index < -0.39 is 24.0 Å². The van der Waals surface area contributed by atoms with Gasteiger partial charge in [-0.1, -0.05) is 6.07 Å². The first kappa shape index (κ1) is 17.4. The number of hydrogen-bond donors (Lipinski definition) is 2. The van der Waals surface area contributed by atoms with Crippen molar-refractivity contribution in [1.29, 1.82) is 0 Å². The first-order valence-corrected chi connectivity index (χ1v) is 8.29. The number of hydrogen-bond acceptors (Lipinski definition) is 5. The predicted molar refractivity (Wildman–Crippen MR) is 84.4 cm³/mol. The molecule has 2 atom stereocenters. The Labute approximate surface area is 138 Å². The van der Waals surface area contributed by atoms with E-state index in [2.05, 4.69) is 5.32 Å². The molecular weight excluding hydrogens is 320 g/mol. The van der Waals surface area contributed by atoms with Gasteiger partial charge < -0.3 is 20.1 Å². The highest BCUT2D eigenvalue weighted by Gasteiger charge is 2.36. The third-order valence-corrected chi connectivity index (χ3v) is 4.63. The summed E-state index contributed by atoms with van der Waals surface area (Å²) in [6.45, 7) is 0.740. The summed E-state index contributed by atoms with van der Waals surface area (Å²) in [7, 11) is 1.47. The number of carbonyl (C=O) groups excluding carboxylic acids is 2. The van der Waals surface area contributed by atoms with Crippen LogP contribution in [0.15, 0.2) is 17.5 Å². The number of carboxylic acids is 1. The lowest BCUT2D eigenvalue weighted by Gasteiger charge is -2.25. The minimum absolute atomic E-state index is 0.179. The zero-order chi connectivity index (χ0) is 16.8. The molecule has 0 bridgehead atoms. The van der Waals surface area contributed by atoms with Gasteiger partial charge in [-0.2, -0.15) is 0 Å². The molecule has 2 N–H and O–H groups in total. The number of amides is 2. The molecule has 1 aliphatic heterocycles. The van der Waals surface area contributed by atoms with E-state index in [1.165, 1.54) is 23.3 Å². The molecule has 2 amide bonds. The van der Waals surface area contributed by atoms with Gasteiger partial charge in [0.25, 0.3) is 5.91 Å². The van der Waals surface area contributed by atoms with Crippen LogP contribution in [-0.4, -0.2) is 60.1 Å². The summed E-state index contributed by atoms with van der Waals surface area (Å²) < 4.78 is 4.86. The van der Waals surface area contributed by atoms with Crippen LogP contribution in [0.2, 0.25) is 0 Å². The highest BCUT2D eigenvalue weighted by molar-refractivity contribution is 7.12. The molecular formula is C15H20N2O5S. The molecule has 0 aromatic carbocycles. The summed E-state index contributed by atoms with van der Waals surface area (Å²) in [6.07, 6.45) is 1.45. The number of nitrogens with one attached hydrogen (secondary N) is 1. The fraction of sp³-hybridized carbons (Fsp3) is 0.533. The normalized spacial score (nSPS) is 18.7. The van der Waals surface area contributed by atoms with E-state index in [0.717, 1.165) is 6.42 Å². The summed E-state index contributed by atoms with van der Waals surface area (Å²) >= 11 is 1.33. The van der Waals surface area contributed by atoms with Crippen LogP contribution in [0.3, 0.4) is 0 Å². The van der Waals surface area contributed by atoms with E-state index >= 15 is 0 Å². The molecule has 0 radical (unpaired) electrons. The molecule has 2 heterocycles. The lowest BCUT2D eigenvalue weighted by atomic mass is 10.1. The second-order valence-corrected chi connectivity index (χ2v) is 6.26. The van der Waals surface area contributed by atoms with Crippen LogP contribution >= 0.6 is 11.3 Å². The molecule has 2 rings (SSSR count). The molecule has 126 valence electrons. The van der Waals surface area contributed by atoms with Crippen molar-refractivity contribution in [2.75, 3.05) is 20.3 Å². The molecule has 1 saturated heterocycles. The van der Waals surface area contributed by atoms with Crippen molar-refractivity contribution >= 4 is 29.1 Å². The van der Waals surface area contributed by atoms with E-state index in [1.807, 2.05) is 5.38 Å². The summed E-state index contributed by atoms with van der Waals surface area (Å²) in [5, 5.41) is 13.5. The van der Waals surface area contributed by atoms with Crippen LogP contribution in [0, 0.1) is 0 Å². The van der Waals surface area contributed by atoms with Gasteiger partial charge in [0.2, 0.25) is 5.91 Å². The molecule has 1 aliphatic rings. The fourth-order valence-corrected chi connectivity index (χ4v) is 3.26. The largest absolute Gasteiger partial charge is 0.480 e. The summed E-state index contributed by atoms with van der Waals surface area (Å²) in [6, 6.07) is 1.88. The average Bonchev–Trinajstić information content (AvgIpc) is 3.21. The van der Waals surface area contributed by atoms with Gasteiger partial charge in [-0.3, -0.25) is 9.59 Å². The maximum absolute atomic E-state index is 12.4. The molecule has 1 aromatic rings. The number of likely N-dealkylation sites (tertiary alicyclic amines) is 1. The Balaban J connectivity index is 2.02. The third-order valence-electron chi connectivity index (χ3n) is 3.77. The molecule has 0 spiro atoms. The van der Waals surface area contributed by atoms with Crippen molar-refractivity contribution in [1.82, 2.24) is 10.2 Å². The van der Waals surface area contributed by atoms with E-state index in [4.69, 9.17) is 9.84 Å². The summed E-state index contributed by atoms with van der Waals surface area (Å²) in [4.78, 5) is 38.2. The second-order valence-electron chi connectivity index (χ2n) is 5.31. The third kappa shape index (κ3) is 4.29. The number of aliphatic carboxylic acids is 1. The van der Waals surface area contributed by atoms with Crippen LogP contribution in [-0.2, 0) is 14.3 Å². The maximum Gasteiger partial charge on any atom is 0.326 e. The number of nitrogens with zero attached hydrogens (tertiary/aromatic N) is 1. The van der Waals surface area contributed by atoms with Gasteiger partial charge in [0.15, 0.2) is 0 Å². The van der Waals surface area contributed by atoms with Gasteiger partial charge >= 0.3 is 5.97 Å². The van der Waals surface area contributed by atoms with Crippen molar-refractivity contribution < 1.29 is 24.2 Å². The molecule has 7 nitrogen and oxygen atoms in total. The molecule has 0 aliphatic carbocycles. The van der Waals surface area contributed by atoms with Crippen molar-refractivity contribution in [2.24, 2.45) is 0 Å². The lowest BCUT2D eigenvalue weighted by Crippen LogP contribution is -2.51. The Bertz CT molecular complexity index is 560. The molecule has 1 fully saturated rings. The highest BCUT2D eigenvalue weighted by Crippen LogP contribution is 2.22.